The number of aryl methyl sites for hydroxylation is 1. The molecule has 0 atom stereocenters. The van der Waals surface area contributed by atoms with Crippen molar-refractivity contribution >= 4 is 5.91 Å². The van der Waals surface area contributed by atoms with Crippen LogP contribution in [0.3, 0.4) is 0 Å². The van der Waals surface area contributed by atoms with Gasteiger partial charge in [0.2, 0.25) is 0 Å². The Morgan fingerprint density at radius 2 is 1.55 bits per heavy atom. The van der Waals surface area contributed by atoms with E-state index in [-0.39, 0.29) is 5.91 Å². The highest BCUT2D eigenvalue weighted by molar-refractivity contribution is 5.94. The van der Waals surface area contributed by atoms with Crippen LogP contribution in [0.1, 0.15) is 27.2 Å². The SMILES string of the molecule is COCCN(Cc1cccn1Cc1ccc(C)cc1)C(=O)c1ccc(-c2ccccc2)cc1. The number of nitrogens with zero attached hydrogens (tertiary/aromatic N) is 2. The fraction of sp³-hybridized carbons (Fsp3) is 0.207. The van der Waals surface area contributed by atoms with Gasteiger partial charge in [-0.25, -0.2) is 0 Å². The first-order valence-corrected chi connectivity index (χ1v) is 11.3. The van der Waals surface area contributed by atoms with Crippen LogP contribution in [-0.4, -0.2) is 35.6 Å². The van der Waals surface area contributed by atoms with Gasteiger partial charge >= 0.3 is 0 Å². The van der Waals surface area contributed by atoms with E-state index in [4.69, 9.17) is 4.74 Å². The highest BCUT2D eigenvalue weighted by Gasteiger charge is 2.18. The zero-order valence-corrected chi connectivity index (χ0v) is 19.3. The van der Waals surface area contributed by atoms with Crippen LogP contribution in [0.5, 0.6) is 0 Å². The van der Waals surface area contributed by atoms with E-state index in [9.17, 15) is 4.79 Å². The second-order valence-corrected chi connectivity index (χ2v) is 8.28. The van der Waals surface area contributed by atoms with Crippen molar-refractivity contribution in [1.82, 2.24) is 9.47 Å². The first-order chi connectivity index (χ1) is 16.1. The number of aromatic nitrogens is 1. The predicted molar refractivity (Wildman–Crippen MR) is 133 cm³/mol. The molecule has 1 heterocycles. The molecule has 0 unspecified atom stereocenters. The van der Waals surface area contributed by atoms with Crippen LogP contribution in [0.4, 0.5) is 0 Å². The summed E-state index contributed by atoms with van der Waals surface area (Å²) in [6, 6.07) is 30.7. The Labute approximate surface area is 196 Å². The molecule has 4 aromatic rings. The molecule has 0 saturated heterocycles. The molecule has 33 heavy (non-hydrogen) atoms. The summed E-state index contributed by atoms with van der Waals surface area (Å²) in [5, 5.41) is 0. The highest BCUT2D eigenvalue weighted by Crippen LogP contribution is 2.20. The lowest BCUT2D eigenvalue weighted by molar-refractivity contribution is 0.0676. The van der Waals surface area contributed by atoms with E-state index in [2.05, 4.69) is 60.2 Å². The zero-order chi connectivity index (χ0) is 23.0. The minimum absolute atomic E-state index is 0.00903. The van der Waals surface area contributed by atoms with Crippen LogP contribution in [0.25, 0.3) is 11.1 Å². The third-order valence-electron chi connectivity index (χ3n) is 5.84. The number of rotatable bonds is 9. The molecule has 0 radical (unpaired) electrons. The molecule has 0 fully saturated rings. The summed E-state index contributed by atoms with van der Waals surface area (Å²) >= 11 is 0. The van der Waals surface area contributed by atoms with Crippen molar-refractivity contribution in [1.29, 1.82) is 0 Å². The van der Waals surface area contributed by atoms with Crippen molar-refractivity contribution in [2.24, 2.45) is 0 Å². The maximum absolute atomic E-state index is 13.4. The molecule has 3 aromatic carbocycles. The molecule has 4 nitrogen and oxygen atoms in total. The van der Waals surface area contributed by atoms with Gasteiger partial charge < -0.3 is 14.2 Å². The molecule has 0 spiro atoms. The lowest BCUT2D eigenvalue weighted by atomic mass is 10.0. The number of ether oxygens (including phenoxy) is 1. The minimum atomic E-state index is 0.00903. The molecule has 0 aliphatic carbocycles. The fourth-order valence-electron chi connectivity index (χ4n) is 3.91. The molecular weight excluding hydrogens is 408 g/mol. The van der Waals surface area contributed by atoms with Crippen molar-refractivity contribution in [2.75, 3.05) is 20.3 Å². The van der Waals surface area contributed by atoms with E-state index in [1.807, 2.05) is 53.4 Å². The first-order valence-electron chi connectivity index (χ1n) is 11.3. The summed E-state index contributed by atoms with van der Waals surface area (Å²) in [7, 11) is 1.66. The summed E-state index contributed by atoms with van der Waals surface area (Å²) < 4.78 is 7.50. The Morgan fingerprint density at radius 1 is 0.848 bits per heavy atom. The molecule has 1 amide bonds. The van der Waals surface area contributed by atoms with Gasteiger partial charge in [0.05, 0.1) is 13.2 Å². The van der Waals surface area contributed by atoms with Gasteiger partial charge in [-0.3, -0.25) is 4.79 Å². The van der Waals surface area contributed by atoms with Gasteiger partial charge in [0.15, 0.2) is 0 Å². The average Bonchev–Trinajstić information content (AvgIpc) is 3.29. The lowest BCUT2D eigenvalue weighted by Gasteiger charge is -2.24. The van der Waals surface area contributed by atoms with Gasteiger partial charge in [0, 0.05) is 37.7 Å². The maximum atomic E-state index is 13.4. The van der Waals surface area contributed by atoms with Crippen molar-refractivity contribution < 1.29 is 9.53 Å². The monoisotopic (exact) mass is 438 g/mol. The molecule has 0 saturated carbocycles. The van der Waals surface area contributed by atoms with Gasteiger partial charge in [-0.1, -0.05) is 72.3 Å². The summed E-state index contributed by atoms with van der Waals surface area (Å²) in [5.41, 5.74) is 6.51. The Morgan fingerprint density at radius 3 is 2.24 bits per heavy atom. The molecule has 0 N–H and O–H groups in total. The number of methoxy groups -OCH3 is 1. The number of amides is 1. The maximum Gasteiger partial charge on any atom is 0.254 e. The van der Waals surface area contributed by atoms with Crippen molar-refractivity contribution in [3.05, 3.63) is 120 Å². The fourth-order valence-corrected chi connectivity index (χ4v) is 3.91. The van der Waals surface area contributed by atoms with Gasteiger partial charge in [-0.15, -0.1) is 0 Å². The second-order valence-electron chi connectivity index (χ2n) is 8.28. The molecular formula is C29H30N2O2. The highest BCUT2D eigenvalue weighted by atomic mass is 16.5. The molecule has 168 valence electrons. The van der Waals surface area contributed by atoms with Gasteiger partial charge in [-0.05, 0) is 47.9 Å². The van der Waals surface area contributed by atoms with Crippen LogP contribution in [0.2, 0.25) is 0 Å². The molecule has 1 aromatic heterocycles. The summed E-state index contributed by atoms with van der Waals surface area (Å²) in [6.45, 7) is 4.43. The second kappa shape index (κ2) is 10.8. The molecule has 0 bridgehead atoms. The molecule has 4 heteroatoms. The van der Waals surface area contributed by atoms with Gasteiger partial charge in [0.25, 0.3) is 5.91 Å². The number of carbonyl (C=O) groups is 1. The normalized spacial score (nSPS) is 10.8. The van der Waals surface area contributed by atoms with Crippen LogP contribution >= 0.6 is 0 Å². The van der Waals surface area contributed by atoms with Crippen LogP contribution in [0.15, 0.2) is 97.2 Å². The van der Waals surface area contributed by atoms with E-state index in [1.165, 1.54) is 11.1 Å². The summed E-state index contributed by atoms with van der Waals surface area (Å²) in [6.07, 6.45) is 2.07. The molecule has 0 aliphatic rings. The Bertz CT molecular complexity index is 1160. The van der Waals surface area contributed by atoms with Crippen LogP contribution in [-0.2, 0) is 17.8 Å². The Balaban J connectivity index is 1.51. The Hall–Kier alpha value is -3.63. The minimum Gasteiger partial charge on any atom is -0.383 e. The largest absolute Gasteiger partial charge is 0.383 e. The molecule has 0 aliphatic heterocycles. The predicted octanol–water partition coefficient (Wildman–Crippen LogP) is 5.80. The topological polar surface area (TPSA) is 34.5 Å². The van der Waals surface area contributed by atoms with Crippen molar-refractivity contribution in [3.8, 4) is 11.1 Å². The number of benzene rings is 3. The van der Waals surface area contributed by atoms with Crippen molar-refractivity contribution in [3.63, 3.8) is 0 Å². The average molecular weight is 439 g/mol. The number of hydrogen-bond acceptors (Lipinski definition) is 2. The van der Waals surface area contributed by atoms with Crippen LogP contribution < -0.4 is 0 Å². The van der Waals surface area contributed by atoms with Crippen molar-refractivity contribution in [2.45, 2.75) is 20.0 Å². The van der Waals surface area contributed by atoms with Gasteiger partial charge in [0.1, 0.15) is 0 Å². The standard InChI is InChI=1S/C29H30N2O2/c1-23-10-12-24(13-11-23)21-30-18-6-9-28(30)22-31(19-20-33-2)29(32)27-16-14-26(15-17-27)25-7-4-3-5-8-25/h3-18H,19-22H2,1-2H3. The Kier molecular flexibility index (Phi) is 7.38. The van der Waals surface area contributed by atoms with E-state index >= 15 is 0 Å². The van der Waals surface area contributed by atoms with E-state index in [0.717, 1.165) is 23.4 Å². The van der Waals surface area contributed by atoms with E-state index < -0.39 is 0 Å². The number of carbonyl (C=O) groups excluding carboxylic acids is 1. The zero-order valence-electron chi connectivity index (χ0n) is 19.3. The van der Waals surface area contributed by atoms with E-state index in [1.54, 1.807) is 7.11 Å². The third kappa shape index (κ3) is 5.79. The van der Waals surface area contributed by atoms with E-state index in [0.29, 0.717) is 25.3 Å². The summed E-state index contributed by atoms with van der Waals surface area (Å²) in [4.78, 5) is 15.3. The third-order valence-corrected chi connectivity index (χ3v) is 5.84. The van der Waals surface area contributed by atoms with Gasteiger partial charge in [-0.2, -0.15) is 0 Å². The summed E-state index contributed by atoms with van der Waals surface area (Å²) in [5.74, 6) is 0.00903. The molecule has 4 rings (SSSR count). The lowest BCUT2D eigenvalue weighted by Crippen LogP contribution is -2.34. The smallest absolute Gasteiger partial charge is 0.254 e. The quantitative estimate of drug-likeness (QED) is 0.331. The number of hydrogen-bond donors (Lipinski definition) is 0. The first kappa shape index (κ1) is 22.6. The van der Waals surface area contributed by atoms with Crippen LogP contribution in [0, 0.1) is 6.92 Å².